The van der Waals surface area contributed by atoms with Gasteiger partial charge in [0.2, 0.25) is 0 Å². The topological polar surface area (TPSA) is 136 Å². The highest BCUT2D eigenvalue weighted by atomic mass is 16.6. The van der Waals surface area contributed by atoms with E-state index in [-0.39, 0.29) is 35.5 Å². The van der Waals surface area contributed by atoms with E-state index in [0.717, 1.165) is 0 Å². The van der Waals surface area contributed by atoms with Gasteiger partial charge in [-0.05, 0) is 61.4 Å². The fourth-order valence-corrected chi connectivity index (χ4v) is 2.89. The molecule has 2 aromatic rings. The molecule has 0 aliphatic carbocycles. The van der Waals surface area contributed by atoms with Crippen LogP contribution in [0.1, 0.15) is 60.2 Å². The first kappa shape index (κ1) is 25.4. The minimum absolute atomic E-state index is 0.0723. The normalized spacial score (nSPS) is 12.3. The van der Waals surface area contributed by atoms with E-state index in [9.17, 15) is 19.2 Å². The van der Waals surface area contributed by atoms with E-state index in [1.165, 1.54) is 48.5 Å². The maximum absolute atomic E-state index is 12.6. The Balaban J connectivity index is 2.06. The SMILES string of the molecule is CCCC(Oc1ccc(C(=O)O)cc1)C(=O)OC(=O)C(CCC)Oc1ccc(C(=O)O)cc1. The second-order valence-corrected chi connectivity index (χ2v) is 7.19. The third-order valence-corrected chi connectivity index (χ3v) is 4.59. The average Bonchev–Trinajstić information content (AvgIpc) is 2.79. The van der Waals surface area contributed by atoms with E-state index in [2.05, 4.69) is 0 Å². The summed E-state index contributed by atoms with van der Waals surface area (Å²) < 4.78 is 16.3. The Bertz CT molecular complexity index is 885. The van der Waals surface area contributed by atoms with E-state index < -0.39 is 36.1 Å². The van der Waals surface area contributed by atoms with Gasteiger partial charge in [-0.15, -0.1) is 0 Å². The zero-order valence-corrected chi connectivity index (χ0v) is 18.4. The highest BCUT2D eigenvalue weighted by Crippen LogP contribution is 2.19. The van der Waals surface area contributed by atoms with Gasteiger partial charge in [0.15, 0.2) is 12.2 Å². The van der Waals surface area contributed by atoms with E-state index >= 15 is 0 Å². The molecule has 176 valence electrons. The van der Waals surface area contributed by atoms with E-state index in [4.69, 9.17) is 24.4 Å². The van der Waals surface area contributed by atoms with Crippen LogP contribution in [0.4, 0.5) is 0 Å². The Morgan fingerprint density at radius 3 is 1.27 bits per heavy atom. The van der Waals surface area contributed by atoms with Crippen molar-refractivity contribution in [3.05, 3.63) is 59.7 Å². The highest BCUT2D eigenvalue weighted by Gasteiger charge is 2.29. The van der Waals surface area contributed by atoms with Crippen LogP contribution in [0.5, 0.6) is 11.5 Å². The highest BCUT2D eigenvalue weighted by molar-refractivity contribution is 5.90. The number of carboxylic acid groups (broad SMARTS) is 2. The summed E-state index contributed by atoms with van der Waals surface area (Å²) in [5.41, 5.74) is 0.145. The zero-order chi connectivity index (χ0) is 24.4. The number of aromatic carboxylic acids is 2. The van der Waals surface area contributed by atoms with Gasteiger partial charge in [-0.2, -0.15) is 0 Å². The Labute approximate surface area is 190 Å². The summed E-state index contributed by atoms with van der Waals surface area (Å²) in [7, 11) is 0. The van der Waals surface area contributed by atoms with Crippen molar-refractivity contribution in [3.63, 3.8) is 0 Å². The molecule has 9 nitrogen and oxygen atoms in total. The summed E-state index contributed by atoms with van der Waals surface area (Å²) in [6, 6.07) is 11.1. The van der Waals surface area contributed by atoms with Crippen LogP contribution in [0.25, 0.3) is 0 Å². The van der Waals surface area contributed by atoms with Gasteiger partial charge in [0.1, 0.15) is 11.5 Å². The van der Waals surface area contributed by atoms with Gasteiger partial charge >= 0.3 is 23.9 Å². The van der Waals surface area contributed by atoms with Crippen molar-refractivity contribution in [1.82, 2.24) is 0 Å². The summed E-state index contributed by atoms with van der Waals surface area (Å²) in [5, 5.41) is 18.0. The maximum Gasteiger partial charge on any atom is 0.355 e. The number of carbonyl (C=O) groups excluding carboxylic acids is 2. The number of esters is 2. The van der Waals surface area contributed by atoms with Crippen LogP contribution < -0.4 is 9.47 Å². The number of carboxylic acids is 2. The molecular weight excluding hydrogens is 432 g/mol. The molecule has 0 saturated heterocycles. The molecule has 2 rings (SSSR count). The Kier molecular flexibility index (Phi) is 9.41. The van der Waals surface area contributed by atoms with Crippen LogP contribution in [0, 0.1) is 0 Å². The smallest absolute Gasteiger partial charge is 0.355 e. The van der Waals surface area contributed by atoms with Gasteiger partial charge in [-0.3, -0.25) is 0 Å². The summed E-state index contributed by atoms with van der Waals surface area (Å²) >= 11 is 0. The van der Waals surface area contributed by atoms with Crippen LogP contribution in [-0.2, 0) is 14.3 Å². The second-order valence-electron chi connectivity index (χ2n) is 7.19. The molecule has 33 heavy (non-hydrogen) atoms. The van der Waals surface area contributed by atoms with Gasteiger partial charge in [0, 0.05) is 0 Å². The molecule has 0 fully saturated rings. The minimum Gasteiger partial charge on any atom is -0.479 e. The van der Waals surface area contributed by atoms with Crippen molar-refractivity contribution < 1.29 is 43.6 Å². The van der Waals surface area contributed by atoms with E-state index in [0.29, 0.717) is 12.8 Å². The molecule has 0 saturated carbocycles. The number of carbonyl (C=O) groups is 4. The number of rotatable bonds is 12. The van der Waals surface area contributed by atoms with Crippen LogP contribution in [-0.4, -0.2) is 46.3 Å². The maximum atomic E-state index is 12.6. The largest absolute Gasteiger partial charge is 0.479 e. The van der Waals surface area contributed by atoms with Gasteiger partial charge in [0.25, 0.3) is 0 Å². The Morgan fingerprint density at radius 1 is 0.667 bits per heavy atom. The lowest BCUT2D eigenvalue weighted by molar-refractivity contribution is -0.170. The quantitative estimate of drug-likeness (QED) is 0.358. The molecular formula is C24H26O9. The fourth-order valence-electron chi connectivity index (χ4n) is 2.89. The molecule has 0 aromatic heterocycles. The summed E-state index contributed by atoms with van der Waals surface area (Å²) in [6.07, 6.45) is -0.415. The molecule has 0 aliphatic heterocycles. The average molecular weight is 458 g/mol. The third kappa shape index (κ3) is 7.64. The first-order valence-corrected chi connectivity index (χ1v) is 10.5. The molecule has 0 heterocycles. The summed E-state index contributed by atoms with van der Waals surface area (Å²) in [4.78, 5) is 47.2. The van der Waals surface area contributed by atoms with Crippen LogP contribution in [0.15, 0.2) is 48.5 Å². The predicted octanol–water partition coefficient (Wildman–Crippen LogP) is 3.95. The lowest BCUT2D eigenvalue weighted by atomic mass is 10.2. The zero-order valence-electron chi connectivity index (χ0n) is 18.4. The van der Waals surface area contributed by atoms with Crippen LogP contribution >= 0.6 is 0 Å². The van der Waals surface area contributed by atoms with Crippen LogP contribution in [0.3, 0.4) is 0 Å². The van der Waals surface area contributed by atoms with Crippen molar-refractivity contribution in [2.24, 2.45) is 0 Å². The lowest BCUT2D eigenvalue weighted by Crippen LogP contribution is -2.37. The number of hydrogen-bond acceptors (Lipinski definition) is 7. The van der Waals surface area contributed by atoms with Crippen molar-refractivity contribution >= 4 is 23.9 Å². The number of hydrogen-bond donors (Lipinski definition) is 2. The van der Waals surface area contributed by atoms with Gasteiger partial charge in [0.05, 0.1) is 11.1 Å². The number of benzene rings is 2. The van der Waals surface area contributed by atoms with E-state index in [1.807, 2.05) is 13.8 Å². The Morgan fingerprint density at radius 2 is 1.00 bits per heavy atom. The van der Waals surface area contributed by atoms with Crippen molar-refractivity contribution in [1.29, 1.82) is 0 Å². The minimum atomic E-state index is -1.09. The standard InChI is InChI=1S/C24H26O9/c1-3-5-19(31-17-11-7-15(8-12-17)21(25)26)23(29)33-24(30)20(6-4-2)32-18-13-9-16(10-14-18)22(27)28/h7-14,19-20H,3-6H2,1-2H3,(H,25,26)(H,27,28). The second kappa shape index (κ2) is 12.2. The van der Waals surface area contributed by atoms with E-state index in [1.54, 1.807) is 0 Å². The number of ether oxygens (including phenoxy) is 3. The first-order valence-electron chi connectivity index (χ1n) is 10.5. The molecule has 2 aromatic carbocycles. The molecule has 0 aliphatic rings. The monoisotopic (exact) mass is 458 g/mol. The fraction of sp³-hybridized carbons (Fsp3) is 0.333. The van der Waals surface area contributed by atoms with Crippen molar-refractivity contribution in [2.75, 3.05) is 0 Å². The lowest BCUT2D eigenvalue weighted by Gasteiger charge is -2.20. The Hall–Kier alpha value is -3.88. The van der Waals surface area contributed by atoms with Crippen molar-refractivity contribution in [2.45, 2.75) is 51.7 Å². The third-order valence-electron chi connectivity index (χ3n) is 4.59. The first-order chi connectivity index (χ1) is 15.7. The summed E-state index contributed by atoms with van der Waals surface area (Å²) in [5.74, 6) is -3.40. The molecule has 0 radical (unpaired) electrons. The molecule has 9 heteroatoms. The molecule has 2 N–H and O–H groups in total. The molecule has 2 unspecified atom stereocenters. The van der Waals surface area contributed by atoms with Crippen LogP contribution in [0.2, 0.25) is 0 Å². The van der Waals surface area contributed by atoms with Gasteiger partial charge in [-0.25, -0.2) is 19.2 Å². The van der Waals surface area contributed by atoms with Gasteiger partial charge in [-0.1, -0.05) is 26.7 Å². The predicted molar refractivity (Wildman–Crippen MR) is 117 cm³/mol. The molecule has 0 spiro atoms. The molecule has 2 atom stereocenters. The molecule has 0 amide bonds. The molecule has 0 bridgehead atoms. The summed E-state index contributed by atoms with van der Waals surface area (Å²) in [6.45, 7) is 3.67. The van der Waals surface area contributed by atoms with Gasteiger partial charge < -0.3 is 24.4 Å². The van der Waals surface area contributed by atoms with Crippen molar-refractivity contribution in [3.8, 4) is 11.5 Å².